The summed E-state index contributed by atoms with van der Waals surface area (Å²) in [7, 11) is 0. The number of aliphatic hydroxyl groups excluding tert-OH is 1. The first-order chi connectivity index (χ1) is 11.4. The molecule has 0 saturated heterocycles. The monoisotopic (exact) mass is 326 g/mol. The molecule has 0 fully saturated rings. The van der Waals surface area contributed by atoms with Crippen molar-refractivity contribution >= 4 is 28.6 Å². The Balaban J connectivity index is 2.06. The van der Waals surface area contributed by atoms with Crippen LogP contribution in [0.25, 0.3) is 10.9 Å². The molecule has 1 unspecified atom stereocenters. The highest BCUT2D eigenvalue weighted by molar-refractivity contribution is 6.08. The fourth-order valence-corrected chi connectivity index (χ4v) is 2.85. The van der Waals surface area contributed by atoms with E-state index < -0.39 is 5.91 Å². The highest BCUT2D eigenvalue weighted by Crippen LogP contribution is 2.27. The molecule has 0 radical (unpaired) electrons. The summed E-state index contributed by atoms with van der Waals surface area (Å²) in [6, 6.07) is 7.04. The van der Waals surface area contributed by atoms with Crippen LogP contribution in [0.1, 0.15) is 40.7 Å². The van der Waals surface area contributed by atoms with Gasteiger partial charge in [-0.25, -0.2) is 0 Å². The zero-order valence-corrected chi connectivity index (χ0v) is 13.4. The predicted molar refractivity (Wildman–Crippen MR) is 91.3 cm³/mol. The second-order valence-electron chi connectivity index (χ2n) is 5.86. The number of rotatable bonds is 2. The van der Waals surface area contributed by atoms with Crippen molar-refractivity contribution in [2.24, 2.45) is 10.7 Å². The van der Waals surface area contributed by atoms with Gasteiger partial charge in [0.25, 0.3) is 11.8 Å². The van der Waals surface area contributed by atoms with Crippen molar-refractivity contribution in [3.8, 4) is 0 Å². The summed E-state index contributed by atoms with van der Waals surface area (Å²) >= 11 is 0. The Morgan fingerprint density at radius 3 is 2.92 bits per heavy atom. The van der Waals surface area contributed by atoms with E-state index in [2.05, 4.69) is 10.3 Å². The molecule has 4 N–H and O–H groups in total. The van der Waals surface area contributed by atoms with E-state index in [1.54, 1.807) is 18.2 Å². The van der Waals surface area contributed by atoms with Gasteiger partial charge >= 0.3 is 0 Å². The van der Waals surface area contributed by atoms with Crippen LogP contribution >= 0.6 is 0 Å². The Morgan fingerprint density at radius 1 is 1.46 bits per heavy atom. The van der Waals surface area contributed by atoms with E-state index in [1.807, 2.05) is 17.6 Å². The van der Waals surface area contributed by atoms with Gasteiger partial charge in [-0.3, -0.25) is 9.59 Å². The normalized spacial score (nSPS) is 18.4. The Labute approximate surface area is 138 Å². The Kier molecular flexibility index (Phi) is 3.84. The lowest BCUT2D eigenvalue weighted by Crippen LogP contribution is -2.37. The van der Waals surface area contributed by atoms with Crippen molar-refractivity contribution < 1.29 is 14.7 Å². The lowest BCUT2D eigenvalue weighted by atomic mass is 10.1. The number of hydrogen-bond acceptors (Lipinski definition) is 3. The summed E-state index contributed by atoms with van der Waals surface area (Å²) in [6.45, 7) is 3.99. The number of nitrogens with two attached hydrogens (primary N) is 1. The van der Waals surface area contributed by atoms with E-state index in [4.69, 9.17) is 10.8 Å². The minimum atomic E-state index is -0.504. The zero-order valence-electron chi connectivity index (χ0n) is 13.4. The molecular formula is C17H18N4O3. The minimum absolute atomic E-state index is 0.0278. The molecule has 0 saturated carbocycles. The van der Waals surface area contributed by atoms with Gasteiger partial charge in [-0.05, 0) is 32.0 Å². The lowest BCUT2D eigenvalue weighted by Gasteiger charge is -2.24. The summed E-state index contributed by atoms with van der Waals surface area (Å²) in [5.41, 5.74) is 7.35. The first-order valence-corrected chi connectivity index (χ1v) is 7.56. The summed E-state index contributed by atoms with van der Waals surface area (Å²) < 4.78 is 1.93. The molecule has 2 aromatic rings. The van der Waals surface area contributed by atoms with Gasteiger partial charge in [0.05, 0.1) is 5.76 Å². The maximum Gasteiger partial charge on any atom is 0.279 e. The van der Waals surface area contributed by atoms with E-state index in [9.17, 15) is 9.59 Å². The average Bonchev–Trinajstić information content (AvgIpc) is 2.89. The number of aromatic nitrogens is 1. The fraction of sp³-hybridized carbons (Fsp3) is 0.235. The Morgan fingerprint density at radius 2 is 2.21 bits per heavy atom. The zero-order chi connectivity index (χ0) is 17.4. The van der Waals surface area contributed by atoms with E-state index >= 15 is 0 Å². The van der Waals surface area contributed by atoms with Crippen LogP contribution < -0.4 is 11.1 Å². The number of amidine groups is 1. The third kappa shape index (κ3) is 2.76. The molecule has 1 atom stereocenters. The van der Waals surface area contributed by atoms with Crippen LogP contribution in [0.2, 0.25) is 0 Å². The third-order valence-electron chi connectivity index (χ3n) is 3.91. The van der Waals surface area contributed by atoms with E-state index in [1.165, 1.54) is 13.0 Å². The number of nitrogens with one attached hydrogen (secondary N) is 1. The van der Waals surface area contributed by atoms with Crippen molar-refractivity contribution in [3.05, 3.63) is 47.4 Å². The van der Waals surface area contributed by atoms with E-state index in [0.29, 0.717) is 17.8 Å². The number of benzene rings is 1. The fourth-order valence-electron chi connectivity index (χ4n) is 2.85. The summed E-state index contributed by atoms with van der Waals surface area (Å²) in [5, 5.41) is 12.9. The van der Waals surface area contributed by atoms with Gasteiger partial charge in [0, 0.05) is 35.1 Å². The summed E-state index contributed by atoms with van der Waals surface area (Å²) in [5.74, 6) is -0.719. The van der Waals surface area contributed by atoms with Crippen molar-refractivity contribution in [1.29, 1.82) is 0 Å². The van der Waals surface area contributed by atoms with Gasteiger partial charge in [0.2, 0.25) is 0 Å². The SMILES string of the molecule is C/C(O)=C/C(N)=NC(=O)c1ccc2cc3n(c2c1)C(C)CNC3=O. The molecule has 0 aliphatic carbocycles. The maximum atomic E-state index is 12.2. The topological polar surface area (TPSA) is 110 Å². The standard InChI is InChI=1S/C17H18N4O3/c1-9-8-19-17(24)14-6-11-3-4-12(7-13(11)21(9)14)16(23)20-15(18)5-10(2)22/h3-7,9,22H,8H2,1-2H3,(H,19,24)(H2,18,20,23)/b10-5-. The minimum Gasteiger partial charge on any atom is -0.512 e. The van der Waals surface area contributed by atoms with Crippen molar-refractivity contribution in [3.63, 3.8) is 0 Å². The quantitative estimate of drug-likeness (QED) is 0.445. The van der Waals surface area contributed by atoms with Crippen LogP contribution in [0.5, 0.6) is 0 Å². The maximum absolute atomic E-state index is 12.2. The van der Waals surface area contributed by atoms with Crippen LogP contribution in [-0.2, 0) is 0 Å². The number of carbonyl (C=O) groups is 2. The van der Waals surface area contributed by atoms with E-state index in [0.717, 1.165) is 10.9 Å². The highest BCUT2D eigenvalue weighted by atomic mass is 16.3. The lowest BCUT2D eigenvalue weighted by molar-refractivity contribution is 0.0918. The molecule has 124 valence electrons. The molecule has 1 aliphatic heterocycles. The molecule has 7 heteroatoms. The molecule has 1 aliphatic rings. The highest BCUT2D eigenvalue weighted by Gasteiger charge is 2.24. The number of aliphatic imine (C=N–C) groups is 1. The molecule has 24 heavy (non-hydrogen) atoms. The predicted octanol–water partition coefficient (Wildman–Crippen LogP) is 1.90. The molecule has 2 heterocycles. The molecular weight excluding hydrogens is 308 g/mol. The van der Waals surface area contributed by atoms with Gasteiger partial charge in [-0.1, -0.05) is 6.07 Å². The Bertz CT molecular complexity index is 904. The number of fused-ring (bicyclic) bond motifs is 3. The van der Waals surface area contributed by atoms with Gasteiger partial charge in [0.15, 0.2) is 0 Å². The van der Waals surface area contributed by atoms with Gasteiger partial charge in [-0.15, -0.1) is 0 Å². The van der Waals surface area contributed by atoms with Crippen LogP contribution in [0, 0.1) is 0 Å². The third-order valence-corrected chi connectivity index (χ3v) is 3.91. The number of allylic oxidation sites excluding steroid dienone is 1. The summed E-state index contributed by atoms with van der Waals surface area (Å²) in [6.07, 6.45) is 1.21. The van der Waals surface area contributed by atoms with E-state index in [-0.39, 0.29) is 23.5 Å². The van der Waals surface area contributed by atoms with Gasteiger partial charge in [0.1, 0.15) is 11.5 Å². The second-order valence-corrected chi connectivity index (χ2v) is 5.86. The molecule has 1 aromatic carbocycles. The van der Waals surface area contributed by atoms with Crippen molar-refractivity contribution in [2.75, 3.05) is 6.54 Å². The number of nitrogens with zero attached hydrogens (tertiary/aromatic N) is 2. The first-order valence-electron chi connectivity index (χ1n) is 7.56. The molecule has 3 rings (SSSR count). The van der Waals surface area contributed by atoms with Crippen LogP contribution in [0.15, 0.2) is 41.1 Å². The molecule has 1 aromatic heterocycles. The number of hydrogen-bond donors (Lipinski definition) is 3. The average molecular weight is 326 g/mol. The number of carbonyl (C=O) groups excluding carboxylic acids is 2. The van der Waals surface area contributed by atoms with Crippen molar-refractivity contribution in [1.82, 2.24) is 9.88 Å². The van der Waals surface area contributed by atoms with Crippen molar-refractivity contribution in [2.45, 2.75) is 19.9 Å². The largest absolute Gasteiger partial charge is 0.512 e. The summed E-state index contributed by atoms with van der Waals surface area (Å²) in [4.78, 5) is 28.0. The number of aliphatic hydroxyl groups is 1. The molecule has 7 nitrogen and oxygen atoms in total. The second kappa shape index (κ2) is 5.84. The first kappa shape index (κ1) is 15.8. The molecule has 0 bridgehead atoms. The Hall–Kier alpha value is -3.09. The van der Waals surface area contributed by atoms with Crippen LogP contribution in [0.4, 0.5) is 0 Å². The molecule has 0 spiro atoms. The van der Waals surface area contributed by atoms with Crippen LogP contribution in [-0.4, -0.2) is 33.9 Å². The van der Waals surface area contributed by atoms with Gasteiger partial charge < -0.3 is 20.7 Å². The molecule has 2 amide bonds. The smallest absolute Gasteiger partial charge is 0.279 e. The number of amides is 2. The van der Waals surface area contributed by atoms with Crippen LogP contribution in [0.3, 0.4) is 0 Å². The van der Waals surface area contributed by atoms with Gasteiger partial charge in [-0.2, -0.15) is 4.99 Å².